The van der Waals surface area contributed by atoms with Crippen LogP contribution in [0.15, 0.2) is 42.6 Å². The van der Waals surface area contributed by atoms with Gasteiger partial charge in [-0.3, -0.25) is 0 Å². The van der Waals surface area contributed by atoms with Crippen LogP contribution in [0.5, 0.6) is 0 Å². The SMILES string of the molecule is O=C(Nc1ccc(Cl)cc1C(F)(F)F)N1CCN(c2ccccn2)CC1. The summed E-state index contributed by atoms with van der Waals surface area (Å²) in [5.74, 6) is 0.810. The number of benzene rings is 1. The topological polar surface area (TPSA) is 48.5 Å². The second-order valence-corrected chi connectivity index (χ2v) is 6.22. The maximum Gasteiger partial charge on any atom is 0.418 e. The summed E-state index contributed by atoms with van der Waals surface area (Å²) in [5.41, 5.74) is -1.27. The fourth-order valence-electron chi connectivity index (χ4n) is 2.73. The molecule has 3 rings (SSSR count). The van der Waals surface area contributed by atoms with Gasteiger partial charge in [-0.2, -0.15) is 13.2 Å². The minimum absolute atomic E-state index is 0.0423. The number of carbonyl (C=O) groups excluding carboxylic acids is 1. The molecule has 0 radical (unpaired) electrons. The molecule has 1 aliphatic rings. The van der Waals surface area contributed by atoms with Crippen molar-refractivity contribution in [2.45, 2.75) is 6.18 Å². The summed E-state index contributed by atoms with van der Waals surface area (Å²) in [7, 11) is 0. The van der Waals surface area contributed by atoms with E-state index in [2.05, 4.69) is 10.3 Å². The molecule has 2 heterocycles. The molecule has 2 aromatic rings. The van der Waals surface area contributed by atoms with Crippen LogP contribution >= 0.6 is 11.6 Å². The molecule has 0 atom stereocenters. The Balaban J connectivity index is 1.65. The Hall–Kier alpha value is -2.48. The van der Waals surface area contributed by atoms with E-state index < -0.39 is 17.8 Å². The normalized spacial score (nSPS) is 15.1. The van der Waals surface area contributed by atoms with E-state index in [0.717, 1.165) is 18.0 Å². The van der Waals surface area contributed by atoms with Gasteiger partial charge in [0.2, 0.25) is 0 Å². The van der Waals surface area contributed by atoms with Gasteiger partial charge in [0.1, 0.15) is 5.82 Å². The lowest BCUT2D eigenvalue weighted by Crippen LogP contribution is -2.50. The molecule has 1 aromatic carbocycles. The highest BCUT2D eigenvalue weighted by Gasteiger charge is 2.34. The minimum atomic E-state index is -4.61. The molecule has 9 heteroatoms. The number of hydrogen-bond donors (Lipinski definition) is 1. The molecule has 2 amide bonds. The van der Waals surface area contributed by atoms with Crippen LogP contribution in [0, 0.1) is 0 Å². The predicted octanol–water partition coefficient (Wildman–Crippen LogP) is 4.11. The van der Waals surface area contributed by atoms with Gasteiger partial charge in [0.25, 0.3) is 0 Å². The number of nitrogens with one attached hydrogen (secondary N) is 1. The Morgan fingerprint density at radius 1 is 1.12 bits per heavy atom. The van der Waals surface area contributed by atoms with E-state index in [0.29, 0.717) is 26.2 Å². The summed E-state index contributed by atoms with van der Waals surface area (Å²) < 4.78 is 39.4. The maximum atomic E-state index is 13.1. The number of amides is 2. The van der Waals surface area contributed by atoms with Gasteiger partial charge in [-0.15, -0.1) is 0 Å². The van der Waals surface area contributed by atoms with Crippen molar-refractivity contribution in [1.82, 2.24) is 9.88 Å². The summed E-state index contributed by atoms with van der Waals surface area (Å²) in [6, 6.07) is 8.27. The Bertz CT molecular complexity index is 777. The molecular weight excluding hydrogens is 369 g/mol. The van der Waals surface area contributed by atoms with Crippen molar-refractivity contribution in [3.8, 4) is 0 Å². The van der Waals surface area contributed by atoms with Crippen molar-refractivity contribution < 1.29 is 18.0 Å². The highest BCUT2D eigenvalue weighted by atomic mass is 35.5. The summed E-state index contributed by atoms with van der Waals surface area (Å²) in [6.45, 7) is 1.88. The smallest absolute Gasteiger partial charge is 0.353 e. The zero-order valence-corrected chi connectivity index (χ0v) is 14.4. The average molecular weight is 385 g/mol. The lowest BCUT2D eigenvalue weighted by molar-refractivity contribution is -0.136. The molecule has 0 unspecified atom stereocenters. The molecule has 26 heavy (non-hydrogen) atoms. The molecule has 0 aliphatic carbocycles. The number of carbonyl (C=O) groups is 1. The van der Waals surface area contributed by atoms with Crippen molar-refractivity contribution in [1.29, 1.82) is 0 Å². The van der Waals surface area contributed by atoms with Gasteiger partial charge in [0, 0.05) is 37.4 Å². The highest BCUT2D eigenvalue weighted by molar-refractivity contribution is 6.30. The number of urea groups is 1. The van der Waals surface area contributed by atoms with Crippen LogP contribution in [0.3, 0.4) is 0 Å². The van der Waals surface area contributed by atoms with E-state index in [1.165, 1.54) is 11.0 Å². The summed E-state index contributed by atoms with van der Waals surface area (Å²) in [4.78, 5) is 20.1. The van der Waals surface area contributed by atoms with Crippen LogP contribution < -0.4 is 10.2 Å². The van der Waals surface area contributed by atoms with Crippen LogP contribution in [0.2, 0.25) is 5.02 Å². The number of anilines is 2. The van der Waals surface area contributed by atoms with Crippen molar-refractivity contribution in [3.05, 3.63) is 53.2 Å². The van der Waals surface area contributed by atoms with Gasteiger partial charge in [-0.25, -0.2) is 9.78 Å². The molecule has 0 spiro atoms. The summed E-state index contributed by atoms with van der Waals surface area (Å²) in [6.07, 6.45) is -2.92. The average Bonchev–Trinajstić information content (AvgIpc) is 2.63. The number of piperazine rings is 1. The lowest BCUT2D eigenvalue weighted by atomic mass is 10.1. The predicted molar refractivity (Wildman–Crippen MR) is 93.5 cm³/mol. The van der Waals surface area contributed by atoms with Crippen molar-refractivity contribution in [2.24, 2.45) is 0 Å². The number of nitrogens with zero attached hydrogens (tertiary/aromatic N) is 3. The van der Waals surface area contributed by atoms with Crippen LogP contribution in [0.4, 0.5) is 29.5 Å². The standard InChI is InChI=1S/C17H16ClF3N4O/c18-12-4-5-14(13(11-12)17(19,20)21)23-16(26)25-9-7-24(8-10-25)15-3-1-2-6-22-15/h1-6,11H,7-10H2,(H,23,26). The molecule has 138 valence electrons. The van der Waals surface area contributed by atoms with E-state index in [9.17, 15) is 18.0 Å². The van der Waals surface area contributed by atoms with Gasteiger partial charge in [-0.05, 0) is 30.3 Å². The first-order chi connectivity index (χ1) is 12.3. The molecule has 1 N–H and O–H groups in total. The third-order valence-electron chi connectivity index (χ3n) is 4.07. The second kappa shape index (κ2) is 7.41. The third-order valence-corrected chi connectivity index (χ3v) is 4.30. The number of hydrogen-bond acceptors (Lipinski definition) is 3. The number of halogens is 4. The van der Waals surface area contributed by atoms with Gasteiger partial charge >= 0.3 is 12.2 Å². The van der Waals surface area contributed by atoms with E-state index in [1.807, 2.05) is 23.1 Å². The minimum Gasteiger partial charge on any atom is -0.353 e. The first-order valence-corrected chi connectivity index (χ1v) is 8.31. The lowest BCUT2D eigenvalue weighted by Gasteiger charge is -2.35. The van der Waals surface area contributed by atoms with Gasteiger partial charge in [-0.1, -0.05) is 17.7 Å². The Kier molecular flexibility index (Phi) is 5.22. The third kappa shape index (κ3) is 4.19. The zero-order valence-electron chi connectivity index (χ0n) is 13.6. The van der Waals surface area contributed by atoms with Crippen molar-refractivity contribution in [2.75, 3.05) is 36.4 Å². The molecular formula is C17H16ClF3N4O. The fourth-order valence-corrected chi connectivity index (χ4v) is 2.91. The number of pyridine rings is 1. The molecule has 1 aliphatic heterocycles. The Morgan fingerprint density at radius 2 is 1.85 bits per heavy atom. The van der Waals surface area contributed by atoms with Crippen LogP contribution in [-0.4, -0.2) is 42.1 Å². The zero-order chi connectivity index (χ0) is 18.7. The molecule has 0 saturated carbocycles. The van der Waals surface area contributed by atoms with Crippen LogP contribution in [0.1, 0.15) is 5.56 Å². The van der Waals surface area contributed by atoms with Gasteiger partial charge in [0.15, 0.2) is 0 Å². The Labute approximate surface area is 153 Å². The molecule has 5 nitrogen and oxygen atoms in total. The first-order valence-electron chi connectivity index (χ1n) is 7.93. The molecule has 1 aromatic heterocycles. The quantitative estimate of drug-likeness (QED) is 0.847. The largest absolute Gasteiger partial charge is 0.418 e. The molecule has 1 saturated heterocycles. The van der Waals surface area contributed by atoms with Gasteiger partial charge < -0.3 is 15.1 Å². The number of rotatable bonds is 2. The monoisotopic (exact) mass is 384 g/mol. The van der Waals surface area contributed by atoms with Crippen LogP contribution in [-0.2, 0) is 6.18 Å². The van der Waals surface area contributed by atoms with E-state index in [-0.39, 0.29) is 10.7 Å². The second-order valence-electron chi connectivity index (χ2n) is 5.78. The van der Waals surface area contributed by atoms with E-state index >= 15 is 0 Å². The van der Waals surface area contributed by atoms with Crippen LogP contribution in [0.25, 0.3) is 0 Å². The van der Waals surface area contributed by atoms with Gasteiger partial charge in [0.05, 0.1) is 11.3 Å². The van der Waals surface area contributed by atoms with Crippen molar-refractivity contribution in [3.63, 3.8) is 0 Å². The van der Waals surface area contributed by atoms with E-state index in [1.54, 1.807) is 6.20 Å². The fraction of sp³-hybridized carbons (Fsp3) is 0.294. The number of aromatic nitrogens is 1. The summed E-state index contributed by atoms with van der Waals surface area (Å²) in [5, 5.41) is 2.30. The molecule has 0 bridgehead atoms. The first kappa shape index (κ1) is 18.3. The van der Waals surface area contributed by atoms with E-state index in [4.69, 9.17) is 11.6 Å². The molecule has 1 fully saturated rings. The van der Waals surface area contributed by atoms with Crippen molar-refractivity contribution >= 4 is 29.1 Å². The summed E-state index contributed by atoms with van der Waals surface area (Å²) >= 11 is 5.65. The Morgan fingerprint density at radius 3 is 2.46 bits per heavy atom. The maximum absolute atomic E-state index is 13.1. The number of alkyl halides is 3. The highest BCUT2D eigenvalue weighted by Crippen LogP contribution is 2.36.